The van der Waals surface area contributed by atoms with Crippen molar-refractivity contribution in [2.45, 2.75) is 31.7 Å². The lowest BCUT2D eigenvalue weighted by Crippen LogP contribution is -2.28. The van der Waals surface area contributed by atoms with Crippen LogP contribution in [0.1, 0.15) is 30.0 Å². The molecule has 0 aliphatic carbocycles. The molecule has 0 radical (unpaired) electrons. The summed E-state index contributed by atoms with van der Waals surface area (Å²) in [5.41, 5.74) is 0.122. The highest BCUT2D eigenvalue weighted by atomic mass is 32.2. The van der Waals surface area contributed by atoms with Gasteiger partial charge in [0.1, 0.15) is 22.2 Å². The van der Waals surface area contributed by atoms with Gasteiger partial charge in [-0.3, -0.25) is 0 Å². The fraction of sp³-hybridized carbons (Fsp3) is 0.308. The number of nitrogens with one attached hydrogen (secondary N) is 1. The molecule has 0 unspecified atom stereocenters. The van der Waals surface area contributed by atoms with Gasteiger partial charge in [-0.25, -0.2) is 21.9 Å². The van der Waals surface area contributed by atoms with Crippen molar-refractivity contribution in [1.82, 2.24) is 9.88 Å². The predicted octanol–water partition coefficient (Wildman–Crippen LogP) is 2.61. The number of nitrogens with zero attached hydrogens (tertiary/aromatic N) is 1. The third-order valence-corrected chi connectivity index (χ3v) is 4.78. The molecule has 0 amide bonds. The summed E-state index contributed by atoms with van der Waals surface area (Å²) in [5, 5.41) is 3.57. The summed E-state index contributed by atoms with van der Waals surface area (Å²) in [6.45, 7) is 4.37. The van der Waals surface area contributed by atoms with Gasteiger partial charge in [0.25, 0.3) is 0 Å². The summed E-state index contributed by atoms with van der Waals surface area (Å²) >= 11 is 0. The second-order valence-electron chi connectivity index (χ2n) is 4.66. The van der Waals surface area contributed by atoms with Gasteiger partial charge in [0.15, 0.2) is 5.76 Å². The Labute approximate surface area is 121 Å². The number of aromatic nitrogens is 1. The fourth-order valence-corrected chi connectivity index (χ4v) is 3.61. The van der Waals surface area contributed by atoms with Gasteiger partial charge in [0, 0.05) is 11.6 Å². The minimum Gasteiger partial charge on any atom is -0.360 e. The number of hydrogen-bond donors (Lipinski definition) is 1. The number of aryl methyl sites for hydroxylation is 2. The normalized spacial score (nSPS) is 13.4. The quantitative estimate of drug-likeness (QED) is 0.941. The lowest BCUT2D eigenvalue weighted by atomic mass is 10.1. The van der Waals surface area contributed by atoms with Crippen molar-refractivity contribution in [3.05, 3.63) is 46.9 Å². The van der Waals surface area contributed by atoms with E-state index in [1.54, 1.807) is 0 Å². The first-order valence-electron chi connectivity index (χ1n) is 6.12. The molecule has 0 saturated carbocycles. The summed E-state index contributed by atoms with van der Waals surface area (Å²) in [6.07, 6.45) is 0. The molecule has 0 saturated heterocycles. The molecule has 0 spiro atoms. The van der Waals surface area contributed by atoms with Gasteiger partial charge in [-0.2, -0.15) is 0 Å². The van der Waals surface area contributed by atoms with Gasteiger partial charge < -0.3 is 4.52 Å². The Balaban J connectivity index is 2.35. The first-order valence-corrected chi connectivity index (χ1v) is 7.61. The Kier molecular flexibility index (Phi) is 4.11. The lowest BCUT2D eigenvalue weighted by Gasteiger charge is -2.15. The van der Waals surface area contributed by atoms with Crippen LogP contribution in [0.25, 0.3) is 0 Å². The Morgan fingerprint density at radius 3 is 2.52 bits per heavy atom. The standard InChI is InChI=1S/C13H14F2N2O3S/c1-7(11-6-10(14)4-5-12(11)15)17-21(18,19)13-8(2)16-20-9(13)3/h4-7,17H,1-3H3/t7-/m1/s1. The van der Waals surface area contributed by atoms with Crippen LogP contribution in [0.3, 0.4) is 0 Å². The largest absolute Gasteiger partial charge is 0.360 e. The van der Waals surface area contributed by atoms with Crippen LogP contribution in [-0.4, -0.2) is 13.6 Å². The van der Waals surface area contributed by atoms with E-state index in [0.29, 0.717) is 0 Å². The minimum atomic E-state index is -3.95. The molecule has 2 aromatic rings. The molecule has 1 aromatic carbocycles. The number of sulfonamides is 1. The van der Waals surface area contributed by atoms with Crippen molar-refractivity contribution in [3.63, 3.8) is 0 Å². The zero-order valence-corrected chi connectivity index (χ0v) is 12.5. The van der Waals surface area contributed by atoms with E-state index in [2.05, 4.69) is 9.88 Å². The van der Waals surface area contributed by atoms with Crippen LogP contribution in [0, 0.1) is 25.5 Å². The van der Waals surface area contributed by atoms with Crippen molar-refractivity contribution >= 4 is 10.0 Å². The molecule has 0 aliphatic heterocycles. The summed E-state index contributed by atoms with van der Waals surface area (Å²) in [7, 11) is -3.95. The maximum absolute atomic E-state index is 13.7. The van der Waals surface area contributed by atoms with Crippen LogP contribution in [-0.2, 0) is 10.0 Å². The third kappa shape index (κ3) is 3.11. The second-order valence-corrected chi connectivity index (χ2v) is 6.31. The molecule has 0 aliphatic rings. The van der Waals surface area contributed by atoms with E-state index in [1.807, 2.05) is 0 Å². The van der Waals surface area contributed by atoms with Crippen molar-refractivity contribution in [2.75, 3.05) is 0 Å². The SMILES string of the molecule is Cc1noc(C)c1S(=O)(=O)N[C@H](C)c1cc(F)ccc1F. The van der Waals surface area contributed by atoms with Gasteiger partial charge in [0.05, 0.1) is 0 Å². The van der Waals surface area contributed by atoms with Crippen molar-refractivity contribution in [3.8, 4) is 0 Å². The number of halogens is 2. The number of benzene rings is 1. The molecule has 8 heteroatoms. The average molecular weight is 316 g/mol. The average Bonchev–Trinajstić information content (AvgIpc) is 2.72. The van der Waals surface area contributed by atoms with Crippen molar-refractivity contribution < 1.29 is 21.7 Å². The van der Waals surface area contributed by atoms with Crippen molar-refractivity contribution in [2.24, 2.45) is 0 Å². The van der Waals surface area contributed by atoms with Gasteiger partial charge in [0.2, 0.25) is 10.0 Å². The Hall–Kier alpha value is -1.80. The summed E-state index contributed by atoms with van der Waals surface area (Å²) < 4.78 is 58.5. The molecular formula is C13H14F2N2O3S. The van der Waals surface area contributed by atoms with E-state index in [1.165, 1.54) is 20.8 Å². The molecule has 1 heterocycles. The molecule has 114 valence electrons. The van der Waals surface area contributed by atoms with Crippen LogP contribution in [0.2, 0.25) is 0 Å². The van der Waals surface area contributed by atoms with Crippen LogP contribution < -0.4 is 4.72 Å². The van der Waals surface area contributed by atoms with Crippen LogP contribution in [0.5, 0.6) is 0 Å². The molecule has 1 atom stereocenters. The maximum atomic E-state index is 13.7. The van der Waals surface area contributed by atoms with E-state index in [0.717, 1.165) is 18.2 Å². The molecule has 2 rings (SSSR count). The second kappa shape index (κ2) is 5.53. The Morgan fingerprint density at radius 1 is 1.29 bits per heavy atom. The van der Waals surface area contributed by atoms with Crippen LogP contribution in [0.4, 0.5) is 8.78 Å². The predicted molar refractivity (Wildman–Crippen MR) is 71.1 cm³/mol. The number of rotatable bonds is 4. The fourth-order valence-electron chi connectivity index (χ4n) is 2.06. The van der Waals surface area contributed by atoms with E-state index in [4.69, 9.17) is 4.52 Å². The van der Waals surface area contributed by atoms with Gasteiger partial charge in [-0.1, -0.05) is 5.16 Å². The van der Waals surface area contributed by atoms with E-state index in [9.17, 15) is 17.2 Å². The molecule has 1 aromatic heterocycles. The van der Waals surface area contributed by atoms with Gasteiger partial charge in [-0.15, -0.1) is 0 Å². The van der Waals surface area contributed by atoms with Crippen LogP contribution in [0.15, 0.2) is 27.6 Å². The third-order valence-electron chi connectivity index (χ3n) is 2.99. The molecule has 0 fully saturated rings. The van der Waals surface area contributed by atoms with Crippen LogP contribution >= 0.6 is 0 Å². The lowest BCUT2D eigenvalue weighted by molar-refractivity contribution is 0.390. The van der Waals surface area contributed by atoms with E-state index in [-0.39, 0.29) is 21.9 Å². The summed E-state index contributed by atoms with van der Waals surface area (Å²) in [5.74, 6) is -1.20. The molecular weight excluding hydrogens is 302 g/mol. The van der Waals surface area contributed by atoms with Gasteiger partial charge >= 0.3 is 0 Å². The van der Waals surface area contributed by atoms with Gasteiger partial charge in [-0.05, 0) is 39.0 Å². The van der Waals surface area contributed by atoms with E-state index < -0.39 is 27.7 Å². The Bertz CT molecular complexity index is 752. The molecule has 0 bridgehead atoms. The highest BCUT2D eigenvalue weighted by molar-refractivity contribution is 7.89. The Morgan fingerprint density at radius 2 is 1.95 bits per heavy atom. The first kappa shape index (κ1) is 15.6. The minimum absolute atomic E-state index is 0.0784. The first-order chi connectivity index (χ1) is 9.72. The van der Waals surface area contributed by atoms with E-state index >= 15 is 0 Å². The highest BCUT2D eigenvalue weighted by Gasteiger charge is 2.27. The molecule has 5 nitrogen and oxygen atoms in total. The molecule has 1 N–H and O–H groups in total. The smallest absolute Gasteiger partial charge is 0.246 e. The zero-order chi connectivity index (χ0) is 15.8. The van der Waals surface area contributed by atoms with Crippen molar-refractivity contribution in [1.29, 1.82) is 0 Å². The summed E-state index contributed by atoms with van der Waals surface area (Å²) in [4.78, 5) is -0.0915. The highest BCUT2D eigenvalue weighted by Crippen LogP contribution is 2.23. The number of hydrogen-bond acceptors (Lipinski definition) is 4. The monoisotopic (exact) mass is 316 g/mol. The maximum Gasteiger partial charge on any atom is 0.246 e. The summed E-state index contributed by atoms with van der Waals surface area (Å²) in [6, 6.07) is 1.93. The zero-order valence-electron chi connectivity index (χ0n) is 11.6. The molecule has 21 heavy (non-hydrogen) atoms. The topological polar surface area (TPSA) is 72.2 Å².